The third-order valence-electron chi connectivity index (χ3n) is 6.02. The smallest absolute Gasteiger partial charge is 0.336 e. The Morgan fingerprint density at radius 2 is 1.85 bits per heavy atom. The first-order chi connectivity index (χ1) is 18.7. The van der Waals surface area contributed by atoms with Crippen LogP contribution < -0.4 is 10.2 Å². The van der Waals surface area contributed by atoms with Gasteiger partial charge in [0.15, 0.2) is 5.82 Å². The van der Waals surface area contributed by atoms with Crippen molar-refractivity contribution in [2.45, 2.75) is 25.1 Å². The predicted molar refractivity (Wildman–Crippen MR) is 134 cm³/mol. The van der Waals surface area contributed by atoms with Crippen LogP contribution in [0.25, 0.3) is 0 Å². The topological polar surface area (TPSA) is 127 Å². The molecule has 14 heteroatoms. The van der Waals surface area contributed by atoms with Crippen molar-refractivity contribution < 1.29 is 41.8 Å². The molecule has 1 aliphatic carbocycles. The van der Waals surface area contributed by atoms with Gasteiger partial charge in [-0.3, -0.25) is 9.59 Å². The number of halogens is 6. The van der Waals surface area contributed by atoms with E-state index in [0.717, 1.165) is 30.0 Å². The zero-order chi connectivity index (χ0) is 29.4. The number of benzene rings is 2. The van der Waals surface area contributed by atoms with Gasteiger partial charge in [-0.15, -0.1) is 0 Å². The minimum absolute atomic E-state index is 0.0458. The zero-order valence-corrected chi connectivity index (χ0v) is 21.7. The molecular formula is C26H18BrF5N4O4. The van der Waals surface area contributed by atoms with E-state index in [1.54, 1.807) is 0 Å². The molecule has 3 N–H and O–H groups in total. The number of pyridine rings is 1. The summed E-state index contributed by atoms with van der Waals surface area (Å²) >= 11 is 2.75. The molecule has 40 heavy (non-hydrogen) atoms. The van der Waals surface area contributed by atoms with Crippen molar-refractivity contribution in [3.8, 4) is 6.07 Å². The van der Waals surface area contributed by atoms with Crippen LogP contribution >= 0.6 is 15.9 Å². The highest BCUT2D eigenvalue weighted by Crippen LogP contribution is 2.42. The van der Waals surface area contributed by atoms with E-state index in [1.165, 1.54) is 24.3 Å². The number of rotatable bonds is 7. The lowest BCUT2D eigenvalue weighted by atomic mass is 10.1. The summed E-state index contributed by atoms with van der Waals surface area (Å²) in [6.45, 7) is 0.0966. The Kier molecular flexibility index (Phi) is 7.93. The molecule has 0 bridgehead atoms. The molecule has 0 aliphatic heterocycles. The highest BCUT2D eigenvalue weighted by molar-refractivity contribution is 9.10. The second-order valence-electron chi connectivity index (χ2n) is 8.96. The maximum Gasteiger partial charge on any atom is 0.418 e. The number of carbonyl (C=O) groups is 2. The number of alkyl halides is 4. The van der Waals surface area contributed by atoms with Crippen LogP contribution in [0.15, 0.2) is 53.1 Å². The lowest BCUT2D eigenvalue weighted by Crippen LogP contribution is -2.34. The lowest BCUT2D eigenvalue weighted by molar-refractivity contribution is -0.270. The van der Waals surface area contributed by atoms with Gasteiger partial charge in [0.25, 0.3) is 11.8 Å². The van der Waals surface area contributed by atoms with E-state index in [0.29, 0.717) is 6.07 Å². The molecule has 0 atom stereocenters. The molecule has 1 saturated carbocycles. The van der Waals surface area contributed by atoms with Crippen molar-refractivity contribution in [1.82, 2.24) is 4.98 Å². The Morgan fingerprint density at radius 1 is 1.15 bits per heavy atom. The average Bonchev–Trinajstić information content (AvgIpc) is 3.71. The standard InChI is InChI=1S/C26H18BrF5N4O4/c27-19-9-15(26(32,39)40)8-18(25(29,30)31)22(19)35-23(37)17-2-1-3-20(21(17)28)36(12-13-4-5-13)24(38)14-6-7-16(10-33)34-11-14/h1-3,6-9,11,13,39-40H,4-5,12H2,(H,35,37). The molecule has 1 aromatic heterocycles. The summed E-state index contributed by atoms with van der Waals surface area (Å²) in [6.07, 6.45) is -2.47. The third kappa shape index (κ3) is 6.27. The fourth-order valence-corrected chi connectivity index (χ4v) is 4.38. The Balaban J connectivity index is 1.71. The van der Waals surface area contributed by atoms with Crippen molar-refractivity contribution in [3.05, 3.63) is 86.9 Å². The van der Waals surface area contributed by atoms with Crippen LogP contribution in [0, 0.1) is 23.1 Å². The lowest BCUT2D eigenvalue weighted by Gasteiger charge is -2.24. The van der Waals surface area contributed by atoms with Crippen LogP contribution in [0.5, 0.6) is 0 Å². The highest BCUT2D eigenvalue weighted by atomic mass is 79.9. The Labute approximate surface area is 231 Å². The molecule has 208 valence electrons. The number of nitrogens with one attached hydrogen (secondary N) is 1. The summed E-state index contributed by atoms with van der Waals surface area (Å²) in [6, 6.07) is 4.55. The van der Waals surface area contributed by atoms with Gasteiger partial charge in [-0.05, 0) is 71.1 Å². The van der Waals surface area contributed by atoms with Crippen LogP contribution in [-0.2, 0) is 12.2 Å². The quantitative estimate of drug-likeness (QED) is 0.244. The van der Waals surface area contributed by atoms with Gasteiger partial charge >= 0.3 is 12.2 Å². The number of hydrogen-bond acceptors (Lipinski definition) is 6. The van der Waals surface area contributed by atoms with Crippen LogP contribution in [0.4, 0.5) is 33.3 Å². The SMILES string of the molecule is N#Cc1ccc(C(=O)N(CC2CC2)c2cccc(C(=O)Nc3c(Br)cc(C(O)(O)F)cc3C(F)(F)F)c2F)cn1. The van der Waals surface area contributed by atoms with Gasteiger partial charge in [0.2, 0.25) is 0 Å². The van der Waals surface area contributed by atoms with Gasteiger partial charge in [-0.1, -0.05) is 6.07 Å². The van der Waals surface area contributed by atoms with E-state index in [-0.39, 0.29) is 35.5 Å². The van der Waals surface area contributed by atoms with E-state index in [4.69, 9.17) is 15.5 Å². The molecule has 2 amide bonds. The molecule has 1 aliphatic rings. The van der Waals surface area contributed by atoms with Crippen LogP contribution in [0.1, 0.15) is 50.4 Å². The predicted octanol–water partition coefficient (Wildman–Crippen LogP) is 5.25. The Bertz CT molecular complexity index is 1510. The first kappa shape index (κ1) is 29.1. The van der Waals surface area contributed by atoms with E-state index in [1.807, 2.05) is 11.4 Å². The number of aromatic nitrogens is 1. The fourth-order valence-electron chi connectivity index (χ4n) is 3.82. The molecule has 2 aromatic carbocycles. The summed E-state index contributed by atoms with van der Waals surface area (Å²) < 4.78 is 69.9. The van der Waals surface area contributed by atoms with E-state index in [2.05, 4.69) is 20.9 Å². The second kappa shape index (κ2) is 10.9. The van der Waals surface area contributed by atoms with Gasteiger partial charge in [-0.25, -0.2) is 9.37 Å². The van der Waals surface area contributed by atoms with Crippen LogP contribution in [0.3, 0.4) is 0 Å². The summed E-state index contributed by atoms with van der Waals surface area (Å²) in [5, 5.41) is 29.1. The maximum atomic E-state index is 15.7. The number of anilines is 2. The van der Waals surface area contributed by atoms with Crippen molar-refractivity contribution in [2.75, 3.05) is 16.8 Å². The molecule has 8 nitrogen and oxygen atoms in total. The largest absolute Gasteiger partial charge is 0.418 e. The van der Waals surface area contributed by atoms with Gasteiger partial charge in [0, 0.05) is 22.8 Å². The van der Waals surface area contributed by atoms with Gasteiger partial charge in [0.1, 0.15) is 11.8 Å². The van der Waals surface area contributed by atoms with Crippen molar-refractivity contribution in [3.63, 3.8) is 0 Å². The molecule has 4 rings (SSSR count). The maximum absolute atomic E-state index is 15.7. The molecule has 0 saturated heterocycles. The fraction of sp³-hybridized carbons (Fsp3) is 0.231. The number of aliphatic hydroxyl groups is 2. The highest BCUT2D eigenvalue weighted by Gasteiger charge is 2.39. The molecule has 1 heterocycles. The van der Waals surface area contributed by atoms with Crippen LogP contribution in [-0.4, -0.2) is 33.6 Å². The van der Waals surface area contributed by atoms with E-state index >= 15 is 4.39 Å². The number of amides is 2. The number of nitriles is 1. The molecule has 0 unspecified atom stereocenters. The van der Waals surface area contributed by atoms with E-state index < -0.39 is 56.7 Å². The minimum atomic E-state index is -5.19. The van der Waals surface area contributed by atoms with Gasteiger partial charge in [0.05, 0.1) is 28.1 Å². The molecular weight excluding hydrogens is 607 g/mol. The summed E-state index contributed by atoms with van der Waals surface area (Å²) in [5.41, 5.74) is -4.62. The zero-order valence-electron chi connectivity index (χ0n) is 20.1. The number of hydrogen-bond donors (Lipinski definition) is 3. The summed E-state index contributed by atoms with van der Waals surface area (Å²) in [4.78, 5) is 31.2. The van der Waals surface area contributed by atoms with Gasteiger partial charge in [-0.2, -0.15) is 22.8 Å². The third-order valence-corrected chi connectivity index (χ3v) is 6.65. The number of carbonyl (C=O) groups excluding carboxylic acids is 2. The van der Waals surface area contributed by atoms with Gasteiger partial charge < -0.3 is 20.4 Å². The Morgan fingerprint density at radius 3 is 2.40 bits per heavy atom. The summed E-state index contributed by atoms with van der Waals surface area (Å²) in [7, 11) is 0. The van der Waals surface area contributed by atoms with Crippen molar-refractivity contribution in [2.24, 2.45) is 5.92 Å². The first-order valence-corrected chi connectivity index (χ1v) is 12.3. The molecule has 3 aromatic rings. The van der Waals surface area contributed by atoms with E-state index in [9.17, 15) is 27.2 Å². The second-order valence-corrected chi connectivity index (χ2v) is 9.82. The van der Waals surface area contributed by atoms with Crippen molar-refractivity contribution >= 4 is 39.1 Å². The average molecular weight is 625 g/mol. The molecule has 0 radical (unpaired) electrons. The van der Waals surface area contributed by atoms with Crippen molar-refractivity contribution in [1.29, 1.82) is 5.26 Å². The number of nitrogens with zero attached hydrogens (tertiary/aromatic N) is 3. The minimum Gasteiger partial charge on any atom is -0.336 e. The first-order valence-electron chi connectivity index (χ1n) is 11.5. The molecule has 0 spiro atoms. The van der Waals surface area contributed by atoms with Crippen LogP contribution in [0.2, 0.25) is 0 Å². The normalized spacial score (nSPS) is 13.5. The monoisotopic (exact) mass is 624 g/mol. The summed E-state index contributed by atoms with van der Waals surface area (Å²) in [5.74, 6) is -3.11. The molecule has 1 fully saturated rings. The Hall–Kier alpha value is -3.93.